The Morgan fingerprint density at radius 3 is 2.32 bits per heavy atom. The van der Waals surface area contributed by atoms with E-state index in [1.54, 1.807) is 0 Å². The highest BCUT2D eigenvalue weighted by atomic mass is 16.2. The maximum absolute atomic E-state index is 12.2. The highest BCUT2D eigenvalue weighted by Crippen LogP contribution is 2.44. The summed E-state index contributed by atoms with van der Waals surface area (Å²) in [5.74, 6) is -0.0170. The topological polar surface area (TPSA) is 61.4 Å². The number of amides is 3. The first-order valence-electron chi connectivity index (χ1n) is 8.89. The van der Waals surface area contributed by atoms with Crippen LogP contribution in [0.5, 0.6) is 0 Å². The zero-order valence-electron chi connectivity index (χ0n) is 14.0. The Morgan fingerprint density at radius 2 is 1.59 bits per heavy atom. The van der Waals surface area contributed by atoms with Gasteiger partial charge in [0.1, 0.15) is 0 Å². The molecular formula is C17H31N3O2. The summed E-state index contributed by atoms with van der Waals surface area (Å²) in [6.07, 6.45) is 11.2. The van der Waals surface area contributed by atoms with Crippen LogP contribution >= 0.6 is 0 Å². The first-order chi connectivity index (χ1) is 10.6. The summed E-state index contributed by atoms with van der Waals surface area (Å²) in [6, 6.07) is 0.0654. The maximum atomic E-state index is 12.2. The van der Waals surface area contributed by atoms with Crippen LogP contribution in [0.4, 0.5) is 4.79 Å². The molecule has 2 rings (SSSR count). The predicted molar refractivity (Wildman–Crippen MR) is 87.6 cm³/mol. The van der Waals surface area contributed by atoms with Gasteiger partial charge in [-0.25, -0.2) is 4.79 Å². The van der Waals surface area contributed by atoms with Crippen LogP contribution in [0.15, 0.2) is 0 Å². The van der Waals surface area contributed by atoms with Gasteiger partial charge in [-0.15, -0.1) is 0 Å². The lowest BCUT2D eigenvalue weighted by molar-refractivity contribution is -0.118. The van der Waals surface area contributed by atoms with E-state index >= 15 is 0 Å². The summed E-state index contributed by atoms with van der Waals surface area (Å²) < 4.78 is 0. The lowest BCUT2D eigenvalue weighted by atomic mass is 9.69. The quantitative estimate of drug-likeness (QED) is 0.784. The standard InChI is InChI=1S/C17H31N3O2/c1-15(21)18-11-6-12-19-16(22)20-13-5-9-17(10-14-20)7-3-2-4-8-17/h2-14H2,1H3,(H,18,21)(H,19,22). The van der Waals surface area contributed by atoms with Crippen LogP contribution < -0.4 is 10.6 Å². The molecule has 1 heterocycles. The number of nitrogens with one attached hydrogen (secondary N) is 2. The van der Waals surface area contributed by atoms with Crippen molar-refractivity contribution < 1.29 is 9.59 Å². The first kappa shape index (κ1) is 17.1. The maximum Gasteiger partial charge on any atom is 0.317 e. The van der Waals surface area contributed by atoms with Gasteiger partial charge in [-0.2, -0.15) is 0 Å². The van der Waals surface area contributed by atoms with Crippen molar-refractivity contribution in [3.05, 3.63) is 0 Å². The summed E-state index contributed by atoms with van der Waals surface area (Å²) in [4.78, 5) is 25.0. The lowest BCUT2D eigenvalue weighted by Crippen LogP contribution is -2.41. The smallest absolute Gasteiger partial charge is 0.317 e. The van der Waals surface area contributed by atoms with Crippen molar-refractivity contribution >= 4 is 11.9 Å². The molecule has 1 saturated carbocycles. The van der Waals surface area contributed by atoms with E-state index in [1.807, 2.05) is 4.90 Å². The molecule has 0 aromatic carbocycles. The molecule has 0 aromatic rings. The highest BCUT2D eigenvalue weighted by Gasteiger charge is 2.34. The first-order valence-corrected chi connectivity index (χ1v) is 8.89. The van der Waals surface area contributed by atoms with E-state index in [4.69, 9.17) is 0 Å². The summed E-state index contributed by atoms with van der Waals surface area (Å²) >= 11 is 0. The van der Waals surface area contributed by atoms with Crippen molar-refractivity contribution in [2.24, 2.45) is 5.41 Å². The molecule has 1 saturated heterocycles. The molecular weight excluding hydrogens is 278 g/mol. The molecule has 126 valence electrons. The third-order valence-corrected chi connectivity index (χ3v) is 5.25. The minimum Gasteiger partial charge on any atom is -0.356 e. The van der Waals surface area contributed by atoms with Gasteiger partial charge in [-0.05, 0) is 43.9 Å². The van der Waals surface area contributed by atoms with Gasteiger partial charge in [-0.3, -0.25) is 4.79 Å². The Labute approximate surface area is 134 Å². The number of carbonyl (C=O) groups is 2. The Hall–Kier alpha value is -1.26. The summed E-state index contributed by atoms with van der Waals surface area (Å²) in [5, 5.41) is 5.72. The van der Waals surface area contributed by atoms with Gasteiger partial charge >= 0.3 is 6.03 Å². The molecule has 0 bridgehead atoms. The minimum atomic E-state index is -0.0170. The molecule has 22 heavy (non-hydrogen) atoms. The van der Waals surface area contributed by atoms with Gasteiger partial charge in [0.2, 0.25) is 5.91 Å². The second-order valence-electron chi connectivity index (χ2n) is 6.97. The molecule has 1 aliphatic heterocycles. The summed E-state index contributed by atoms with van der Waals surface area (Å²) in [5.41, 5.74) is 0.526. The molecule has 0 atom stereocenters. The molecule has 2 N–H and O–H groups in total. The SMILES string of the molecule is CC(=O)NCCCNC(=O)N1CCCC2(CCCCC2)CC1. The van der Waals surface area contributed by atoms with E-state index in [2.05, 4.69) is 10.6 Å². The third-order valence-electron chi connectivity index (χ3n) is 5.25. The van der Waals surface area contributed by atoms with Gasteiger partial charge in [-0.1, -0.05) is 19.3 Å². The second kappa shape index (κ2) is 8.39. The van der Waals surface area contributed by atoms with E-state index in [-0.39, 0.29) is 11.9 Å². The van der Waals surface area contributed by atoms with Crippen molar-refractivity contribution in [1.29, 1.82) is 0 Å². The largest absolute Gasteiger partial charge is 0.356 e. The zero-order chi connectivity index (χ0) is 15.8. The molecule has 0 unspecified atom stereocenters. The summed E-state index contributed by atoms with van der Waals surface area (Å²) in [6.45, 7) is 4.55. The predicted octanol–water partition coefficient (Wildman–Crippen LogP) is 2.66. The van der Waals surface area contributed by atoms with Gasteiger partial charge < -0.3 is 15.5 Å². The van der Waals surface area contributed by atoms with Gasteiger partial charge in [0.25, 0.3) is 0 Å². The van der Waals surface area contributed by atoms with Gasteiger partial charge in [0, 0.05) is 33.1 Å². The molecule has 5 nitrogen and oxygen atoms in total. The molecule has 2 fully saturated rings. The number of rotatable bonds is 4. The number of urea groups is 1. The number of hydrogen-bond donors (Lipinski definition) is 2. The van der Waals surface area contributed by atoms with Crippen LogP contribution in [0, 0.1) is 5.41 Å². The molecule has 0 radical (unpaired) electrons. The van der Waals surface area contributed by atoms with E-state index in [1.165, 1.54) is 51.9 Å². The Kier molecular flexibility index (Phi) is 6.52. The van der Waals surface area contributed by atoms with Crippen molar-refractivity contribution in [3.63, 3.8) is 0 Å². The second-order valence-corrected chi connectivity index (χ2v) is 6.97. The summed E-state index contributed by atoms with van der Waals surface area (Å²) in [7, 11) is 0. The lowest BCUT2D eigenvalue weighted by Gasteiger charge is -2.36. The average Bonchev–Trinajstić information content (AvgIpc) is 2.70. The molecule has 3 amide bonds. The van der Waals surface area contributed by atoms with Crippen LogP contribution in [0.2, 0.25) is 0 Å². The van der Waals surface area contributed by atoms with Crippen molar-refractivity contribution in [3.8, 4) is 0 Å². The van der Waals surface area contributed by atoms with Crippen molar-refractivity contribution in [2.45, 2.75) is 64.7 Å². The zero-order valence-corrected chi connectivity index (χ0v) is 14.0. The van der Waals surface area contributed by atoms with Crippen LogP contribution in [-0.4, -0.2) is 43.0 Å². The molecule has 0 aromatic heterocycles. The van der Waals surface area contributed by atoms with Crippen LogP contribution in [-0.2, 0) is 4.79 Å². The number of carbonyl (C=O) groups excluding carboxylic acids is 2. The Morgan fingerprint density at radius 1 is 0.909 bits per heavy atom. The fraction of sp³-hybridized carbons (Fsp3) is 0.882. The number of likely N-dealkylation sites (tertiary alicyclic amines) is 1. The van der Waals surface area contributed by atoms with E-state index in [9.17, 15) is 9.59 Å². The van der Waals surface area contributed by atoms with E-state index < -0.39 is 0 Å². The fourth-order valence-corrected chi connectivity index (χ4v) is 3.92. The molecule has 2 aliphatic rings. The normalized spacial score (nSPS) is 21.2. The molecule has 5 heteroatoms. The van der Waals surface area contributed by atoms with Crippen LogP contribution in [0.25, 0.3) is 0 Å². The monoisotopic (exact) mass is 309 g/mol. The van der Waals surface area contributed by atoms with E-state index in [0.29, 0.717) is 18.5 Å². The van der Waals surface area contributed by atoms with E-state index in [0.717, 1.165) is 25.9 Å². The number of nitrogens with zero attached hydrogens (tertiary/aromatic N) is 1. The average molecular weight is 309 g/mol. The molecule has 1 spiro atoms. The Balaban J connectivity index is 1.69. The third kappa shape index (κ3) is 5.18. The highest BCUT2D eigenvalue weighted by molar-refractivity contribution is 5.74. The van der Waals surface area contributed by atoms with Crippen LogP contribution in [0.3, 0.4) is 0 Å². The molecule has 1 aliphatic carbocycles. The van der Waals surface area contributed by atoms with Gasteiger partial charge in [0.05, 0.1) is 0 Å². The minimum absolute atomic E-state index is 0.0170. The Bertz CT molecular complexity index is 378. The van der Waals surface area contributed by atoms with Crippen molar-refractivity contribution in [1.82, 2.24) is 15.5 Å². The number of hydrogen-bond acceptors (Lipinski definition) is 2. The van der Waals surface area contributed by atoms with Gasteiger partial charge in [0.15, 0.2) is 0 Å². The fourth-order valence-electron chi connectivity index (χ4n) is 3.92. The van der Waals surface area contributed by atoms with Crippen molar-refractivity contribution in [2.75, 3.05) is 26.2 Å². The van der Waals surface area contributed by atoms with Crippen LogP contribution in [0.1, 0.15) is 64.7 Å².